The smallest absolute Gasteiger partial charge is 0.267 e. The van der Waals surface area contributed by atoms with Crippen molar-refractivity contribution in [3.05, 3.63) is 40.1 Å². The van der Waals surface area contributed by atoms with Crippen LogP contribution in [0.3, 0.4) is 0 Å². The van der Waals surface area contributed by atoms with E-state index in [4.69, 9.17) is 23.2 Å². The number of anilines is 1. The predicted octanol–water partition coefficient (Wildman–Crippen LogP) is 2.39. The van der Waals surface area contributed by atoms with Gasteiger partial charge in [-0.3, -0.25) is 9.59 Å². The van der Waals surface area contributed by atoms with Gasteiger partial charge in [0.15, 0.2) is 0 Å². The molecule has 2 rings (SSSR count). The molecule has 2 amide bonds. The van der Waals surface area contributed by atoms with Crippen molar-refractivity contribution in [2.24, 2.45) is 0 Å². The van der Waals surface area contributed by atoms with Crippen molar-refractivity contribution in [1.29, 1.82) is 0 Å². The predicted molar refractivity (Wildman–Crippen MR) is 57.6 cm³/mol. The van der Waals surface area contributed by atoms with Crippen LogP contribution in [-0.2, 0) is 9.59 Å². The number of imide groups is 1. The van der Waals surface area contributed by atoms with Crippen molar-refractivity contribution in [2.45, 2.75) is 0 Å². The molecule has 0 aliphatic carbocycles. The molecule has 1 aromatic rings. The van der Waals surface area contributed by atoms with E-state index >= 15 is 0 Å². The number of nitrogens with zero attached hydrogens (tertiary/aromatic N) is 1. The van der Waals surface area contributed by atoms with E-state index in [2.05, 4.69) is 0 Å². The summed E-state index contributed by atoms with van der Waals surface area (Å²) in [6.45, 7) is 0. The Morgan fingerprint density at radius 3 is 2.12 bits per heavy atom. The van der Waals surface area contributed by atoms with Crippen LogP contribution >= 0.6 is 23.2 Å². The molecule has 0 spiro atoms. The Morgan fingerprint density at radius 1 is 1.06 bits per heavy atom. The van der Waals surface area contributed by atoms with Gasteiger partial charge < -0.3 is 0 Å². The molecule has 0 saturated heterocycles. The second kappa shape index (κ2) is 3.88. The maximum Gasteiger partial charge on any atom is 0.278 e. The van der Waals surface area contributed by atoms with Gasteiger partial charge in [-0.25, -0.2) is 9.29 Å². The molecule has 0 radical (unpaired) electrons. The first kappa shape index (κ1) is 11.1. The molecule has 6 heteroatoms. The highest BCUT2D eigenvalue weighted by Gasteiger charge is 2.37. The molecular weight excluding hydrogens is 256 g/mol. The van der Waals surface area contributed by atoms with Crippen molar-refractivity contribution in [3.8, 4) is 0 Å². The first-order valence-electron chi connectivity index (χ1n) is 4.22. The standard InChI is InChI=1S/C10H4Cl2FNO2/c11-7-8(12)10(16)14(9(7)15)6-3-1-2-5(13)4-6/h1-4H. The second-order valence-electron chi connectivity index (χ2n) is 3.05. The molecule has 0 bridgehead atoms. The van der Waals surface area contributed by atoms with E-state index in [1.807, 2.05) is 0 Å². The number of hydrogen-bond acceptors (Lipinski definition) is 2. The molecule has 1 heterocycles. The van der Waals surface area contributed by atoms with Crippen LogP contribution < -0.4 is 4.90 Å². The number of benzene rings is 1. The first-order chi connectivity index (χ1) is 7.52. The summed E-state index contributed by atoms with van der Waals surface area (Å²) in [5, 5.41) is -0.702. The Morgan fingerprint density at radius 2 is 1.62 bits per heavy atom. The Hall–Kier alpha value is -1.39. The molecule has 1 aromatic carbocycles. The molecule has 0 fully saturated rings. The number of amides is 2. The van der Waals surface area contributed by atoms with Crippen LogP contribution in [0.4, 0.5) is 10.1 Å². The molecule has 0 unspecified atom stereocenters. The Bertz CT molecular complexity index is 503. The fourth-order valence-corrected chi connectivity index (χ4v) is 1.66. The van der Waals surface area contributed by atoms with Crippen LogP contribution in [0.25, 0.3) is 0 Å². The maximum atomic E-state index is 12.9. The summed E-state index contributed by atoms with van der Waals surface area (Å²) < 4.78 is 12.9. The van der Waals surface area contributed by atoms with Gasteiger partial charge in [-0.15, -0.1) is 0 Å². The topological polar surface area (TPSA) is 37.4 Å². The minimum absolute atomic E-state index is 0.101. The lowest BCUT2D eigenvalue weighted by Crippen LogP contribution is -2.30. The van der Waals surface area contributed by atoms with E-state index in [1.165, 1.54) is 18.2 Å². The molecular formula is C10H4Cl2FNO2. The second-order valence-corrected chi connectivity index (χ2v) is 3.81. The summed E-state index contributed by atoms with van der Waals surface area (Å²) in [5.41, 5.74) is 0.101. The molecule has 0 N–H and O–H groups in total. The molecule has 0 aromatic heterocycles. The van der Waals surface area contributed by atoms with Gasteiger partial charge in [0, 0.05) is 0 Å². The number of carbonyl (C=O) groups is 2. The van der Waals surface area contributed by atoms with E-state index in [0.29, 0.717) is 0 Å². The number of hydrogen-bond donors (Lipinski definition) is 0. The van der Waals surface area contributed by atoms with Crippen molar-refractivity contribution < 1.29 is 14.0 Å². The van der Waals surface area contributed by atoms with E-state index < -0.39 is 17.6 Å². The third kappa shape index (κ3) is 1.60. The van der Waals surface area contributed by atoms with E-state index in [-0.39, 0.29) is 15.8 Å². The van der Waals surface area contributed by atoms with Gasteiger partial charge in [0.05, 0.1) is 5.69 Å². The van der Waals surface area contributed by atoms with Crippen molar-refractivity contribution in [2.75, 3.05) is 4.90 Å². The highest BCUT2D eigenvalue weighted by atomic mass is 35.5. The zero-order chi connectivity index (χ0) is 11.9. The van der Waals surface area contributed by atoms with Crippen LogP contribution in [0.5, 0.6) is 0 Å². The fraction of sp³-hybridized carbons (Fsp3) is 0. The van der Waals surface area contributed by atoms with Gasteiger partial charge in [0.1, 0.15) is 15.9 Å². The van der Waals surface area contributed by atoms with Crippen LogP contribution in [0.2, 0.25) is 0 Å². The lowest BCUT2D eigenvalue weighted by Gasteiger charge is -2.13. The lowest BCUT2D eigenvalue weighted by atomic mass is 10.3. The highest BCUT2D eigenvalue weighted by molar-refractivity contribution is 6.62. The normalized spacial score (nSPS) is 16.3. The number of halogens is 3. The van der Waals surface area contributed by atoms with E-state index in [1.54, 1.807) is 0 Å². The fourth-order valence-electron chi connectivity index (χ4n) is 1.33. The third-order valence-corrected chi connectivity index (χ3v) is 2.84. The quantitative estimate of drug-likeness (QED) is 0.727. The number of rotatable bonds is 1. The minimum Gasteiger partial charge on any atom is -0.267 e. The van der Waals surface area contributed by atoms with Crippen LogP contribution in [0.15, 0.2) is 34.3 Å². The van der Waals surface area contributed by atoms with Gasteiger partial charge in [0.25, 0.3) is 11.8 Å². The monoisotopic (exact) mass is 259 g/mol. The molecule has 0 saturated carbocycles. The summed E-state index contributed by atoms with van der Waals surface area (Å²) >= 11 is 11.1. The SMILES string of the molecule is O=C1C(Cl)=C(Cl)C(=O)N1c1cccc(F)c1. The molecule has 1 aliphatic rings. The summed E-state index contributed by atoms with van der Waals surface area (Å²) in [5.74, 6) is -2.05. The maximum absolute atomic E-state index is 12.9. The van der Waals surface area contributed by atoms with Crippen molar-refractivity contribution >= 4 is 40.7 Å². The minimum atomic E-state index is -0.748. The van der Waals surface area contributed by atoms with Gasteiger partial charge in [-0.05, 0) is 18.2 Å². The largest absolute Gasteiger partial charge is 0.278 e. The molecule has 0 atom stereocenters. The van der Waals surface area contributed by atoms with Crippen LogP contribution in [0, 0.1) is 5.82 Å². The highest BCUT2D eigenvalue weighted by Crippen LogP contribution is 2.31. The molecule has 1 aliphatic heterocycles. The summed E-state index contributed by atoms with van der Waals surface area (Å²) in [6.07, 6.45) is 0. The molecule has 82 valence electrons. The van der Waals surface area contributed by atoms with Crippen molar-refractivity contribution in [1.82, 2.24) is 0 Å². The number of carbonyl (C=O) groups excluding carboxylic acids is 2. The van der Waals surface area contributed by atoms with E-state index in [0.717, 1.165) is 11.0 Å². The van der Waals surface area contributed by atoms with Crippen LogP contribution in [-0.4, -0.2) is 11.8 Å². The Balaban J connectivity index is 2.46. The Kier molecular flexibility index (Phi) is 2.69. The van der Waals surface area contributed by atoms with Gasteiger partial charge in [-0.2, -0.15) is 0 Å². The molecule has 3 nitrogen and oxygen atoms in total. The van der Waals surface area contributed by atoms with Gasteiger partial charge in [-0.1, -0.05) is 29.3 Å². The van der Waals surface area contributed by atoms with E-state index in [9.17, 15) is 14.0 Å². The average Bonchev–Trinajstić information content (AvgIpc) is 2.44. The zero-order valence-corrected chi connectivity index (χ0v) is 9.22. The molecule has 16 heavy (non-hydrogen) atoms. The average molecular weight is 260 g/mol. The first-order valence-corrected chi connectivity index (χ1v) is 4.97. The van der Waals surface area contributed by atoms with Gasteiger partial charge in [0.2, 0.25) is 0 Å². The summed E-state index contributed by atoms with van der Waals surface area (Å²) in [7, 11) is 0. The third-order valence-electron chi connectivity index (χ3n) is 2.04. The van der Waals surface area contributed by atoms with Crippen molar-refractivity contribution in [3.63, 3.8) is 0 Å². The summed E-state index contributed by atoms with van der Waals surface area (Å²) in [6, 6.07) is 5.05. The summed E-state index contributed by atoms with van der Waals surface area (Å²) in [4.78, 5) is 23.8. The van der Waals surface area contributed by atoms with Crippen LogP contribution in [0.1, 0.15) is 0 Å². The van der Waals surface area contributed by atoms with Gasteiger partial charge >= 0.3 is 0 Å². The zero-order valence-electron chi connectivity index (χ0n) is 7.71. The lowest BCUT2D eigenvalue weighted by molar-refractivity contribution is -0.120. The Labute approximate surface area is 100 Å².